The average Bonchev–Trinajstić information content (AvgIpc) is 2.87. The molecule has 6 heteroatoms. The van der Waals surface area contributed by atoms with E-state index >= 15 is 0 Å². The van der Waals surface area contributed by atoms with Crippen molar-refractivity contribution in [3.63, 3.8) is 0 Å². The average molecular weight is 355 g/mol. The largest absolute Gasteiger partial charge is 0.321 e. The summed E-state index contributed by atoms with van der Waals surface area (Å²) in [7, 11) is 0. The molecule has 0 spiro atoms. The smallest absolute Gasteiger partial charge is 0.266 e. The van der Waals surface area contributed by atoms with Crippen molar-refractivity contribution in [1.29, 1.82) is 0 Å². The van der Waals surface area contributed by atoms with Gasteiger partial charge in [-0.3, -0.25) is 14.2 Å². The first-order valence-electron chi connectivity index (χ1n) is 8.29. The molecule has 0 radical (unpaired) electrons. The number of aryl methyl sites for hydroxylation is 4. The van der Waals surface area contributed by atoms with E-state index in [1.54, 1.807) is 10.9 Å². The molecule has 2 heterocycles. The monoisotopic (exact) mass is 355 g/mol. The Morgan fingerprint density at radius 3 is 2.52 bits per heavy atom. The number of nitrogens with one attached hydrogen (secondary N) is 1. The summed E-state index contributed by atoms with van der Waals surface area (Å²) < 4.78 is 1.60. The molecule has 0 saturated carbocycles. The predicted octanol–water partition coefficient (Wildman–Crippen LogP) is 4.05. The van der Waals surface area contributed by atoms with Crippen LogP contribution in [0.3, 0.4) is 0 Å². The molecule has 0 fully saturated rings. The molecule has 1 N–H and O–H groups in total. The lowest BCUT2D eigenvalue weighted by atomic mass is 10.1. The first kappa shape index (κ1) is 17.4. The summed E-state index contributed by atoms with van der Waals surface area (Å²) in [5.41, 5.74) is 3.56. The van der Waals surface area contributed by atoms with Crippen LogP contribution in [0.15, 0.2) is 29.3 Å². The van der Waals surface area contributed by atoms with Gasteiger partial charge in [0.05, 0.1) is 16.6 Å². The van der Waals surface area contributed by atoms with E-state index in [-0.39, 0.29) is 11.5 Å². The summed E-state index contributed by atoms with van der Waals surface area (Å²) in [6, 6.07) is 5.92. The molecule has 5 nitrogen and oxygen atoms in total. The summed E-state index contributed by atoms with van der Waals surface area (Å²) in [5.74, 6) is -0.202. The Kier molecular flexibility index (Phi) is 4.72. The number of carbonyl (C=O) groups is 1. The van der Waals surface area contributed by atoms with Crippen molar-refractivity contribution in [2.24, 2.45) is 0 Å². The van der Waals surface area contributed by atoms with Gasteiger partial charge in [0.2, 0.25) is 0 Å². The van der Waals surface area contributed by atoms with Gasteiger partial charge in [-0.05, 0) is 56.0 Å². The lowest BCUT2D eigenvalue weighted by Gasteiger charge is -2.07. The van der Waals surface area contributed by atoms with E-state index in [4.69, 9.17) is 0 Å². The Hall–Kier alpha value is -2.47. The number of carbonyl (C=O) groups excluding carboxylic acids is 1. The number of anilines is 1. The van der Waals surface area contributed by atoms with E-state index in [9.17, 15) is 9.59 Å². The standard InChI is InChI=1S/C19H21N3O2S/c1-5-6-22-10-20-18-15(19(22)24)13(4)16(25-18)17(23)21-14-8-11(2)7-12(3)9-14/h7-10H,5-6H2,1-4H3,(H,21,23). The maximum absolute atomic E-state index is 12.7. The zero-order chi connectivity index (χ0) is 18.1. The van der Waals surface area contributed by atoms with Crippen LogP contribution in [0.2, 0.25) is 0 Å². The minimum Gasteiger partial charge on any atom is -0.321 e. The van der Waals surface area contributed by atoms with Gasteiger partial charge < -0.3 is 5.32 Å². The van der Waals surface area contributed by atoms with E-state index in [1.807, 2.05) is 39.8 Å². The molecule has 0 aliphatic heterocycles. The fourth-order valence-electron chi connectivity index (χ4n) is 3.01. The molecule has 25 heavy (non-hydrogen) atoms. The van der Waals surface area contributed by atoms with E-state index in [0.29, 0.717) is 27.2 Å². The summed E-state index contributed by atoms with van der Waals surface area (Å²) in [5, 5.41) is 3.48. The third-order valence-corrected chi connectivity index (χ3v) is 5.27. The highest BCUT2D eigenvalue weighted by Crippen LogP contribution is 2.28. The number of nitrogens with zero attached hydrogens (tertiary/aromatic N) is 2. The third-order valence-electron chi connectivity index (χ3n) is 4.07. The molecule has 0 aliphatic rings. The van der Waals surface area contributed by atoms with Gasteiger partial charge in [0.25, 0.3) is 11.5 Å². The molecule has 3 aromatic rings. The van der Waals surface area contributed by atoms with E-state index in [0.717, 1.165) is 23.2 Å². The molecule has 2 aromatic heterocycles. The topological polar surface area (TPSA) is 64.0 Å². The molecule has 0 saturated heterocycles. The second-order valence-electron chi connectivity index (χ2n) is 6.31. The molecular formula is C19H21N3O2S. The van der Waals surface area contributed by atoms with E-state index in [1.165, 1.54) is 11.3 Å². The normalized spacial score (nSPS) is 11.0. The second-order valence-corrected chi connectivity index (χ2v) is 7.31. The van der Waals surface area contributed by atoms with Gasteiger partial charge in [-0.1, -0.05) is 13.0 Å². The Bertz CT molecular complexity index is 997. The number of thiophene rings is 1. The van der Waals surface area contributed by atoms with Crippen LogP contribution in [-0.2, 0) is 6.54 Å². The lowest BCUT2D eigenvalue weighted by Crippen LogP contribution is -2.20. The van der Waals surface area contributed by atoms with Gasteiger partial charge in [-0.25, -0.2) is 4.98 Å². The van der Waals surface area contributed by atoms with Gasteiger partial charge in [0, 0.05) is 12.2 Å². The molecule has 0 atom stereocenters. The van der Waals surface area contributed by atoms with Crippen molar-refractivity contribution in [2.75, 3.05) is 5.32 Å². The molecule has 0 unspecified atom stereocenters. The van der Waals surface area contributed by atoms with Crippen molar-refractivity contribution in [3.8, 4) is 0 Å². The van der Waals surface area contributed by atoms with Gasteiger partial charge in [0.1, 0.15) is 4.83 Å². The maximum Gasteiger partial charge on any atom is 0.266 e. The fraction of sp³-hybridized carbons (Fsp3) is 0.316. The summed E-state index contributed by atoms with van der Waals surface area (Å²) in [6.07, 6.45) is 2.42. The number of amides is 1. The quantitative estimate of drug-likeness (QED) is 0.768. The van der Waals surface area contributed by atoms with Crippen LogP contribution < -0.4 is 10.9 Å². The highest BCUT2D eigenvalue weighted by Gasteiger charge is 2.19. The number of aromatic nitrogens is 2. The minimum absolute atomic E-state index is 0.0777. The maximum atomic E-state index is 12.7. The molecule has 1 amide bonds. The molecular weight excluding hydrogens is 334 g/mol. The Labute approximate surface area is 150 Å². The zero-order valence-corrected chi connectivity index (χ0v) is 15.7. The molecule has 1 aromatic carbocycles. The number of rotatable bonds is 4. The molecule has 0 aliphatic carbocycles. The second kappa shape index (κ2) is 6.80. The Balaban J connectivity index is 2.00. The van der Waals surface area contributed by atoms with Gasteiger partial charge in [-0.2, -0.15) is 0 Å². The van der Waals surface area contributed by atoms with Gasteiger partial charge in [-0.15, -0.1) is 11.3 Å². The molecule has 3 rings (SSSR count). The third kappa shape index (κ3) is 3.35. The van der Waals surface area contributed by atoms with E-state index in [2.05, 4.69) is 16.4 Å². The van der Waals surface area contributed by atoms with Crippen LogP contribution in [0, 0.1) is 20.8 Å². The molecule has 0 bridgehead atoms. The van der Waals surface area contributed by atoms with Crippen LogP contribution in [-0.4, -0.2) is 15.5 Å². The zero-order valence-electron chi connectivity index (χ0n) is 14.8. The fourth-order valence-corrected chi connectivity index (χ4v) is 4.05. The van der Waals surface area contributed by atoms with Crippen LogP contribution in [0.1, 0.15) is 39.7 Å². The van der Waals surface area contributed by atoms with Crippen LogP contribution >= 0.6 is 11.3 Å². The molecule has 130 valence electrons. The summed E-state index contributed by atoms with van der Waals surface area (Å²) >= 11 is 1.26. The first-order valence-corrected chi connectivity index (χ1v) is 9.10. The Morgan fingerprint density at radius 1 is 1.20 bits per heavy atom. The van der Waals surface area contributed by atoms with Crippen LogP contribution in [0.4, 0.5) is 5.69 Å². The lowest BCUT2D eigenvalue weighted by molar-refractivity contribution is 0.103. The van der Waals surface area contributed by atoms with Crippen LogP contribution in [0.5, 0.6) is 0 Å². The highest BCUT2D eigenvalue weighted by molar-refractivity contribution is 7.20. The predicted molar refractivity (Wildman–Crippen MR) is 103 cm³/mol. The van der Waals surface area contributed by atoms with Crippen molar-refractivity contribution < 1.29 is 4.79 Å². The number of benzene rings is 1. The number of hydrogen-bond donors (Lipinski definition) is 1. The van der Waals surface area contributed by atoms with Gasteiger partial charge >= 0.3 is 0 Å². The number of hydrogen-bond acceptors (Lipinski definition) is 4. The summed E-state index contributed by atoms with van der Waals surface area (Å²) in [6.45, 7) is 8.44. The first-order chi connectivity index (χ1) is 11.9. The van der Waals surface area contributed by atoms with Crippen molar-refractivity contribution in [2.45, 2.75) is 40.7 Å². The minimum atomic E-state index is -0.202. The SMILES string of the molecule is CCCn1cnc2sc(C(=O)Nc3cc(C)cc(C)c3)c(C)c2c1=O. The van der Waals surface area contributed by atoms with Crippen LogP contribution in [0.25, 0.3) is 10.2 Å². The highest BCUT2D eigenvalue weighted by atomic mass is 32.1. The number of fused-ring (bicyclic) bond motifs is 1. The van der Waals surface area contributed by atoms with Crippen molar-refractivity contribution in [3.05, 3.63) is 56.4 Å². The van der Waals surface area contributed by atoms with Crippen molar-refractivity contribution >= 4 is 33.1 Å². The summed E-state index contributed by atoms with van der Waals surface area (Å²) in [4.78, 5) is 30.8. The Morgan fingerprint density at radius 2 is 1.88 bits per heavy atom. The van der Waals surface area contributed by atoms with Crippen molar-refractivity contribution in [1.82, 2.24) is 9.55 Å². The van der Waals surface area contributed by atoms with E-state index < -0.39 is 0 Å². The van der Waals surface area contributed by atoms with Gasteiger partial charge in [0.15, 0.2) is 0 Å².